The first-order valence-electron chi connectivity index (χ1n) is 3.65. The molecule has 1 rings (SSSR count). The van der Waals surface area contributed by atoms with Crippen molar-refractivity contribution in [3.05, 3.63) is 29.8 Å². The van der Waals surface area contributed by atoms with Gasteiger partial charge in [0.15, 0.2) is 0 Å². The van der Waals surface area contributed by atoms with Gasteiger partial charge in [-0.2, -0.15) is 0 Å². The summed E-state index contributed by atoms with van der Waals surface area (Å²) >= 11 is 1.72. The van der Waals surface area contributed by atoms with Gasteiger partial charge >= 0.3 is 0 Å². The van der Waals surface area contributed by atoms with Crippen LogP contribution in [0, 0.1) is 0 Å². The van der Waals surface area contributed by atoms with Crippen molar-refractivity contribution in [2.45, 2.75) is 11.3 Å². The summed E-state index contributed by atoms with van der Waals surface area (Å²) in [5, 5.41) is 11.1. The first-order valence-corrected chi connectivity index (χ1v) is 4.88. The molecule has 0 aliphatic rings. The summed E-state index contributed by atoms with van der Waals surface area (Å²) in [6.07, 6.45) is 4.21. The van der Waals surface area contributed by atoms with Gasteiger partial charge in [-0.05, 0) is 24.0 Å². The van der Waals surface area contributed by atoms with E-state index in [2.05, 4.69) is 17.3 Å². The number of oxime groups is 1. The van der Waals surface area contributed by atoms with E-state index in [0.717, 1.165) is 5.56 Å². The van der Waals surface area contributed by atoms with Crippen LogP contribution in [0.5, 0.6) is 0 Å². The number of nitrogens with zero attached hydrogens (tertiary/aromatic N) is 1. The second-order valence-electron chi connectivity index (χ2n) is 2.35. The van der Waals surface area contributed by atoms with Gasteiger partial charge in [0.05, 0.1) is 0 Å². The maximum absolute atomic E-state index is 8.19. The zero-order valence-corrected chi connectivity index (χ0v) is 7.71. The summed E-state index contributed by atoms with van der Waals surface area (Å²) in [5.74, 6) is 0. The molecule has 0 aliphatic heterocycles. The van der Waals surface area contributed by atoms with Crippen LogP contribution in [-0.4, -0.2) is 17.7 Å². The second kappa shape index (κ2) is 4.83. The molecule has 0 heterocycles. The molecular formula is C9H11NOS. The highest BCUT2D eigenvalue weighted by molar-refractivity contribution is 7.98. The van der Waals surface area contributed by atoms with Gasteiger partial charge in [0, 0.05) is 17.5 Å². The normalized spacial score (nSPS) is 10.8. The highest BCUT2D eigenvalue weighted by Gasteiger charge is 1.91. The summed E-state index contributed by atoms with van der Waals surface area (Å²) in [6, 6.07) is 8.19. The zero-order valence-electron chi connectivity index (χ0n) is 6.90. The Morgan fingerprint density at radius 3 is 2.58 bits per heavy atom. The molecule has 0 saturated heterocycles. The Labute approximate surface area is 76.3 Å². The molecule has 0 aliphatic carbocycles. The van der Waals surface area contributed by atoms with Crippen LogP contribution in [0.25, 0.3) is 0 Å². The maximum Gasteiger partial charge on any atom is 0.0479 e. The van der Waals surface area contributed by atoms with Crippen molar-refractivity contribution >= 4 is 18.0 Å². The van der Waals surface area contributed by atoms with E-state index in [4.69, 9.17) is 5.21 Å². The Kier molecular flexibility index (Phi) is 3.67. The summed E-state index contributed by atoms with van der Waals surface area (Å²) in [6.45, 7) is 0. The third-order valence-electron chi connectivity index (χ3n) is 1.57. The summed E-state index contributed by atoms with van der Waals surface area (Å²) < 4.78 is 0. The fourth-order valence-corrected chi connectivity index (χ4v) is 1.32. The molecule has 0 spiro atoms. The van der Waals surface area contributed by atoms with E-state index < -0.39 is 0 Å². The van der Waals surface area contributed by atoms with Crippen molar-refractivity contribution < 1.29 is 5.21 Å². The van der Waals surface area contributed by atoms with E-state index in [1.807, 2.05) is 18.4 Å². The molecule has 64 valence electrons. The van der Waals surface area contributed by atoms with Gasteiger partial charge < -0.3 is 5.21 Å². The predicted molar refractivity (Wildman–Crippen MR) is 52.2 cm³/mol. The Balaban J connectivity index is 2.64. The Bertz CT molecular complexity index is 256. The average molecular weight is 181 g/mol. The van der Waals surface area contributed by atoms with Crippen LogP contribution in [0.2, 0.25) is 0 Å². The van der Waals surface area contributed by atoms with Crippen LogP contribution in [0.15, 0.2) is 34.3 Å². The summed E-state index contributed by atoms with van der Waals surface area (Å²) in [5.41, 5.74) is 1.16. The largest absolute Gasteiger partial charge is 0.411 e. The minimum atomic E-state index is 0.686. The molecule has 1 N–H and O–H groups in total. The van der Waals surface area contributed by atoms with Crippen molar-refractivity contribution in [1.29, 1.82) is 0 Å². The van der Waals surface area contributed by atoms with Crippen molar-refractivity contribution in [2.75, 3.05) is 6.26 Å². The van der Waals surface area contributed by atoms with E-state index in [1.165, 1.54) is 11.1 Å². The van der Waals surface area contributed by atoms with Gasteiger partial charge in [0.1, 0.15) is 0 Å². The lowest BCUT2D eigenvalue weighted by atomic mass is 10.2. The third-order valence-corrected chi connectivity index (χ3v) is 2.31. The predicted octanol–water partition coefficient (Wildman–Crippen LogP) is 2.41. The highest BCUT2D eigenvalue weighted by atomic mass is 32.2. The van der Waals surface area contributed by atoms with Crippen LogP contribution < -0.4 is 0 Å². The minimum Gasteiger partial charge on any atom is -0.411 e. The molecule has 0 saturated carbocycles. The average Bonchev–Trinajstić information content (AvgIpc) is 2.15. The lowest BCUT2D eigenvalue weighted by molar-refractivity contribution is 0.321. The SMILES string of the molecule is CSc1ccc(CC=NO)cc1. The maximum atomic E-state index is 8.19. The molecule has 0 fully saturated rings. The molecule has 0 unspecified atom stereocenters. The first kappa shape index (κ1) is 9.13. The summed E-state index contributed by atoms with van der Waals surface area (Å²) in [4.78, 5) is 1.25. The fraction of sp³-hybridized carbons (Fsp3) is 0.222. The fourth-order valence-electron chi connectivity index (χ4n) is 0.908. The van der Waals surface area contributed by atoms with Gasteiger partial charge in [0.2, 0.25) is 0 Å². The lowest BCUT2D eigenvalue weighted by Gasteiger charge is -1.97. The molecule has 1 aromatic carbocycles. The molecule has 0 radical (unpaired) electrons. The number of thioether (sulfide) groups is 1. The minimum absolute atomic E-state index is 0.686. The molecule has 1 aromatic rings. The van der Waals surface area contributed by atoms with Crippen molar-refractivity contribution in [3.8, 4) is 0 Å². The van der Waals surface area contributed by atoms with E-state index >= 15 is 0 Å². The van der Waals surface area contributed by atoms with E-state index in [9.17, 15) is 0 Å². The van der Waals surface area contributed by atoms with E-state index in [-0.39, 0.29) is 0 Å². The van der Waals surface area contributed by atoms with Crippen LogP contribution in [0.4, 0.5) is 0 Å². The third kappa shape index (κ3) is 2.58. The first-order chi connectivity index (χ1) is 5.86. The van der Waals surface area contributed by atoms with Crippen LogP contribution in [0.1, 0.15) is 5.56 Å². The number of benzene rings is 1. The number of hydrogen-bond donors (Lipinski definition) is 1. The van der Waals surface area contributed by atoms with Gasteiger partial charge in [-0.1, -0.05) is 12.1 Å². The molecule has 2 nitrogen and oxygen atoms in total. The highest BCUT2D eigenvalue weighted by Crippen LogP contribution is 2.14. The summed E-state index contributed by atoms with van der Waals surface area (Å²) in [7, 11) is 0. The van der Waals surface area contributed by atoms with E-state index in [0.29, 0.717) is 6.42 Å². The van der Waals surface area contributed by atoms with Crippen molar-refractivity contribution in [1.82, 2.24) is 0 Å². The Hall–Kier alpha value is -0.960. The molecule has 0 atom stereocenters. The number of rotatable bonds is 3. The number of hydrogen-bond acceptors (Lipinski definition) is 3. The molecule has 3 heteroatoms. The van der Waals surface area contributed by atoms with Crippen molar-refractivity contribution in [2.24, 2.45) is 5.16 Å². The monoisotopic (exact) mass is 181 g/mol. The smallest absolute Gasteiger partial charge is 0.0479 e. The van der Waals surface area contributed by atoms with Crippen LogP contribution in [0.3, 0.4) is 0 Å². The molecule has 12 heavy (non-hydrogen) atoms. The molecular weight excluding hydrogens is 170 g/mol. The molecule has 0 amide bonds. The van der Waals surface area contributed by atoms with Gasteiger partial charge in [0.25, 0.3) is 0 Å². The van der Waals surface area contributed by atoms with Gasteiger partial charge in [-0.25, -0.2) is 0 Å². The standard InChI is InChI=1S/C9H11NOS/c1-12-9-4-2-8(3-5-9)6-7-10-11/h2-5,7,11H,6H2,1H3. The Morgan fingerprint density at radius 1 is 1.42 bits per heavy atom. The van der Waals surface area contributed by atoms with Crippen LogP contribution >= 0.6 is 11.8 Å². The quantitative estimate of drug-likeness (QED) is 0.336. The van der Waals surface area contributed by atoms with Gasteiger partial charge in [-0.3, -0.25) is 0 Å². The lowest BCUT2D eigenvalue weighted by Crippen LogP contribution is -1.84. The molecule has 0 bridgehead atoms. The Morgan fingerprint density at radius 2 is 2.08 bits per heavy atom. The molecule has 0 aromatic heterocycles. The topological polar surface area (TPSA) is 32.6 Å². The van der Waals surface area contributed by atoms with Gasteiger partial charge in [-0.15, -0.1) is 16.9 Å². The zero-order chi connectivity index (χ0) is 8.81. The second-order valence-corrected chi connectivity index (χ2v) is 3.23. The van der Waals surface area contributed by atoms with E-state index in [1.54, 1.807) is 11.8 Å². The van der Waals surface area contributed by atoms with Crippen molar-refractivity contribution in [3.63, 3.8) is 0 Å². The van der Waals surface area contributed by atoms with Crippen LogP contribution in [-0.2, 0) is 6.42 Å².